The van der Waals surface area contributed by atoms with Crippen molar-refractivity contribution < 1.29 is 4.79 Å². The second-order valence-corrected chi connectivity index (χ2v) is 3.49. The van der Waals surface area contributed by atoms with Crippen LogP contribution in [0, 0.1) is 11.8 Å². The van der Waals surface area contributed by atoms with Crippen molar-refractivity contribution in [2.45, 2.75) is 13.3 Å². The van der Waals surface area contributed by atoms with Gasteiger partial charge in [-0.2, -0.15) is 0 Å². The Morgan fingerprint density at radius 1 is 1.73 bits per heavy atom. The summed E-state index contributed by atoms with van der Waals surface area (Å²) in [5.41, 5.74) is 5.47. The molecule has 2 N–H and O–H groups in total. The van der Waals surface area contributed by atoms with Crippen LogP contribution in [-0.4, -0.2) is 30.9 Å². The first kappa shape index (κ1) is 8.53. The third-order valence-corrected chi connectivity index (χ3v) is 2.28. The molecule has 0 aromatic rings. The minimum absolute atomic E-state index is 0.0729. The van der Waals surface area contributed by atoms with Gasteiger partial charge in [0.25, 0.3) is 0 Å². The maximum absolute atomic E-state index is 11.3. The van der Waals surface area contributed by atoms with Gasteiger partial charge in [0.1, 0.15) is 0 Å². The Hall–Kier alpha value is -0.570. The monoisotopic (exact) mass is 156 g/mol. The Morgan fingerprint density at radius 3 is 2.91 bits per heavy atom. The van der Waals surface area contributed by atoms with Gasteiger partial charge >= 0.3 is 0 Å². The molecule has 0 radical (unpaired) electrons. The highest BCUT2D eigenvalue weighted by atomic mass is 16.2. The largest absolute Gasteiger partial charge is 0.345 e. The van der Waals surface area contributed by atoms with Crippen molar-refractivity contribution in [1.82, 2.24) is 4.90 Å². The summed E-state index contributed by atoms with van der Waals surface area (Å²) in [5, 5.41) is 0. The van der Waals surface area contributed by atoms with Gasteiger partial charge < -0.3 is 10.6 Å². The summed E-state index contributed by atoms with van der Waals surface area (Å²) in [7, 11) is 1.85. The number of nitrogens with two attached hydrogens (primary N) is 1. The molecule has 2 atom stereocenters. The number of likely N-dealkylation sites (tertiary alicyclic amines) is 1. The highest BCUT2D eigenvalue weighted by molar-refractivity contribution is 5.79. The third kappa shape index (κ3) is 1.71. The van der Waals surface area contributed by atoms with Crippen LogP contribution in [0.2, 0.25) is 0 Å². The summed E-state index contributed by atoms with van der Waals surface area (Å²) in [5.74, 6) is 0.889. The predicted octanol–water partition coefficient (Wildman–Crippen LogP) is 0.0595. The van der Waals surface area contributed by atoms with Crippen LogP contribution in [0.15, 0.2) is 0 Å². The van der Waals surface area contributed by atoms with E-state index >= 15 is 0 Å². The molecule has 1 saturated heterocycles. The van der Waals surface area contributed by atoms with Crippen molar-refractivity contribution in [3.8, 4) is 0 Å². The maximum Gasteiger partial charge on any atom is 0.226 e. The summed E-state index contributed by atoms with van der Waals surface area (Å²) in [6.45, 7) is 3.54. The third-order valence-electron chi connectivity index (χ3n) is 2.28. The number of piperidine rings is 1. The second kappa shape index (κ2) is 3.22. The van der Waals surface area contributed by atoms with Gasteiger partial charge in [0.2, 0.25) is 5.91 Å². The highest BCUT2D eigenvalue weighted by Gasteiger charge is 2.28. The van der Waals surface area contributed by atoms with Gasteiger partial charge in [-0.05, 0) is 12.3 Å². The summed E-state index contributed by atoms with van der Waals surface area (Å²) >= 11 is 0. The fourth-order valence-corrected chi connectivity index (χ4v) is 1.73. The number of nitrogens with zero attached hydrogens (tertiary/aromatic N) is 1. The normalized spacial score (nSPS) is 32.6. The first-order chi connectivity index (χ1) is 5.15. The Kier molecular flexibility index (Phi) is 2.49. The predicted molar refractivity (Wildman–Crippen MR) is 44.0 cm³/mol. The summed E-state index contributed by atoms with van der Waals surface area (Å²) < 4.78 is 0. The van der Waals surface area contributed by atoms with Gasteiger partial charge in [0.15, 0.2) is 0 Å². The van der Waals surface area contributed by atoms with Gasteiger partial charge in [0.05, 0.1) is 5.92 Å². The molecule has 0 unspecified atom stereocenters. The molecule has 1 aliphatic heterocycles. The van der Waals surface area contributed by atoms with Crippen LogP contribution >= 0.6 is 0 Å². The van der Waals surface area contributed by atoms with Gasteiger partial charge in [-0.3, -0.25) is 4.79 Å². The van der Waals surface area contributed by atoms with Crippen molar-refractivity contribution in [3.63, 3.8) is 0 Å². The Morgan fingerprint density at radius 2 is 2.36 bits per heavy atom. The average Bonchev–Trinajstić information content (AvgIpc) is 1.96. The van der Waals surface area contributed by atoms with Crippen molar-refractivity contribution in [1.29, 1.82) is 0 Å². The summed E-state index contributed by atoms with van der Waals surface area (Å²) in [6.07, 6.45) is 0.958. The maximum atomic E-state index is 11.3. The van der Waals surface area contributed by atoms with Crippen LogP contribution in [0.4, 0.5) is 0 Å². The number of carbonyl (C=O) groups is 1. The number of hydrogen-bond acceptors (Lipinski definition) is 2. The van der Waals surface area contributed by atoms with Gasteiger partial charge in [-0.25, -0.2) is 0 Å². The molecule has 0 spiro atoms. The van der Waals surface area contributed by atoms with E-state index in [1.165, 1.54) is 0 Å². The molecular formula is C8H16N2O. The first-order valence-electron chi connectivity index (χ1n) is 4.10. The fraction of sp³-hybridized carbons (Fsp3) is 0.875. The molecule has 1 fully saturated rings. The number of hydrogen-bond donors (Lipinski definition) is 1. The van der Waals surface area contributed by atoms with Gasteiger partial charge in [-0.15, -0.1) is 0 Å². The molecule has 0 aliphatic carbocycles. The molecule has 0 saturated carbocycles. The van der Waals surface area contributed by atoms with E-state index in [2.05, 4.69) is 6.92 Å². The number of rotatable bonds is 1. The van der Waals surface area contributed by atoms with Crippen LogP contribution in [-0.2, 0) is 4.79 Å². The van der Waals surface area contributed by atoms with E-state index in [9.17, 15) is 4.79 Å². The first-order valence-corrected chi connectivity index (χ1v) is 4.10. The lowest BCUT2D eigenvalue weighted by Crippen LogP contribution is -2.44. The van der Waals surface area contributed by atoms with E-state index in [1.807, 2.05) is 7.05 Å². The second-order valence-electron chi connectivity index (χ2n) is 3.49. The standard InChI is InChI=1S/C8H16N2O/c1-6-3-7(4-9)8(11)10(2)5-6/h6-7H,3-5,9H2,1-2H3/t6-,7-/m1/s1. The Bertz CT molecular complexity index is 158. The highest BCUT2D eigenvalue weighted by Crippen LogP contribution is 2.20. The van der Waals surface area contributed by atoms with Gasteiger partial charge in [-0.1, -0.05) is 6.92 Å². The van der Waals surface area contributed by atoms with Crippen molar-refractivity contribution >= 4 is 5.91 Å². The SMILES string of the molecule is C[C@@H]1C[C@H](CN)C(=O)N(C)C1. The van der Waals surface area contributed by atoms with Crippen LogP contribution < -0.4 is 5.73 Å². The molecule has 3 heteroatoms. The van der Waals surface area contributed by atoms with Crippen LogP contribution in [0.5, 0.6) is 0 Å². The van der Waals surface area contributed by atoms with E-state index < -0.39 is 0 Å². The average molecular weight is 156 g/mol. The lowest BCUT2D eigenvalue weighted by atomic mass is 9.90. The zero-order valence-corrected chi connectivity index (χ0v) is 7.21. The quantitative estimate of drug-likeness (QED) is 0.583. The zero-order valence-electron chi connectivity index (χ0n) is 7.21. The van der Waals surface area contributed by atoms with Crippen LogP contribution in [0.3, 0.4) is 0 Å². The van der Waals surface area contributed by atoms with Crippen LogP contribution in [0.25, 0.3) is 0 Å². The molecule has 1 amide bonds. The van der Waals surface area contributed by atoms with E-state index in [0.29, 0.717) is 12.5 Å². The van der Waals surface area contributed by atoms with E-state index in [1.54, 1.807) is 4.90 Å². The molecule has 3 nitrogen and oxygen atoms in total. The molecule has 0 bridgehead atoms. The van der Waals surface area contributed by atoms with Crippen molar-refractivity contribution in [2.24, 2.45) is 17.6 Å². The van der Waals surface area contributed by atoms with E-state index in [0.717, 1.165) is 13.0 Å². The molecule has 0 aromatic carbocycles. The molecular weight excluding hydrogens is 140 g/mol. The summed E-state index contributed by atoms with van der Waals surface area (Å²) in [4.78, 5) is 13.1. The molecule has 64 valence electrons. The smallest absolute Gasteiger partial charge is 0.226 e. The fourth-order valence-electron chi connectivity index (χ4n) is 1.73. The topological polar surface area (TPSA) is 46.3 Å². The number of amides is 1. The van der Waals surface area contributed by atoms with Crippen molar-refractivity contribution in [3.05, 3.63) is 0 Å². The molecule has 1 heterocycles. The van der Waals surface area contributed by atoms with E-state index in [4.69, 9.17) is 5.73 Å². The zero-order chi connectivity index (χ0) is 8.43. The molecule has 0 aromatic heterocycles. The van der Waals surface area contributed by atoms with E-state index in [-0.39, 0.29) is 11.8 Å². The molecule has 11 heavy (non-hydrogen) atoms. The molecule has 1 rings (SSSR count). The summed E-state index contributed by atoms with van der Waals surface area (Å²) in [6, 6.07) is 0. The lowest BCUT2D eigenvalue weighted by molar-refractivity contribution is -0.138. The van der Waals surface area contributed by atoms with Gasteiger partial charge in [0, 0.05) is 20.1 Å². The number of carbonyl (C=O) groups excluding carboxylic acids is 1. The Labute approximate surface area is 67.5 Å². The minimum atomic E-state index is 0.0729. The minimum Gasteiger partial charge on any atom is -0.345 e. The van der Waals surface area contributed by atoms with Crippen LogP contribution in [0.1, 0.15) is 13.3 Å². The molecule has 1 aliphatic rings. The lowest BCUT2D eigenvalue weighted by Gasteiger charge is -2.32. The Balaban J connectivity index is 2.59. The van der Waals surface area contributed by atoms with Crippen molar-refractivity contribution in [2.75, 3.05) is 20.1 Å².